The monoisotopic (exact) mass is 274 g/mol. The Morgan fingerprint density at radius 1 is 1.25 bits per heavy atom. The molecule has 3 aliphatic heterocycles. The molecular weight excluding hydrogens is 248 g/mol. The average Bonchev–Trinajstić information content (AvgIpc) is 2.54. The molecule has 110 valence electrons. The van der Waals surface area contributed by atoms with Gasteiger partial charge in [-0.3, -0.25) is 0 Å². The van der Waals surface area contributed by atoms with Crippen LogP contribution in [0.2, 0.25) is 0 Å². The van der Waals surface area contributed by atoms with Crippen LogP contribution >= 0.6 is 0 Å². The maximum absolute atomic E-state index is 5.25. The molecule has 4 rings (SSSR count). The second-order valence-electron chi connectivity index (χ2n) is 6.15. The van der Waals surface area contributed by atoms with Crippen LogP contribution in [-0.4, -0.2) is 37.7 Å². The van der Waals surface area contributed by atoms with Crippen molar-refractivity contribution in [3.8, 4) is 5.75 Å². The number of nitrogens with one attached hydrogen (secondary N) is 1. The number of methoxy groups -OCH3 is 1. The van der Waals surface area contributed by atoms with Crippen LogP contribution in [0.4, 0.5) is 0 Å². The van der Waals surface area contributed by atoms with Crippen molar-refractivity contribution in [3.63, 3.8) is 0 Å². The van der Waals surface area contributed by atoms with Crippen LogP contribution in [-0.2, 0) is 0 Å². The standard InChI is InChI=1S/C17H26N2O/c1-3-16(13-4-6-15(20-2)7-5-13)18-17-12-19-10-8-14(17)9-11-19/h4-7,14,16-18H,3,8-12H2,1-2H3. The normalized spacial score (nSPS) is 30.2. The number of benzene rings is 1. The Morgan fingerprint density at radius 2 is 1.95 bits per heavy atom. The van der Waals surface area contributed by atoms with E-state index in [0.717, 1.165) is 18.1 Å². The maximum Gasteiger partial charge on any atom is 0.118 e. The number of ether oxygens (including phenoxy) is 1. The molecule has 0 aromatic heterocycles. The van der Waals surface area contributed by atoms with E-state index in [0.29, 0.717) is 12.1 Å². The first-order chi connectivity index (χ1) is 9.80. The predicted octanol–water partition coefficient (Wildman–Crippen LogP) is 2.83. The molecule has 0 spiro atoms. The summed E-state index contributed by atoms with van der Waals surface area (Å²) < 4.78 is 5.25. The highest BCUT2D eigenvalue weighted by Gasteiger charge is 2.34. The number of hydrogen-bond donors (Lipinski definition) is 1. The lowest BCUT2D eigenvalue weighted by molar-refractivity contribution is 0.0666. The molecule has 3 heteroatoms. The van der Waals surface area contributed by atoms with E-state index in [9.17, 15) is 0 Å². The summed E-state index contributed by atoms with van der Waals surface area (Å²) in [5, 5.41) is 3.91. The molecule has 2 atom stereocenters. The summed E-state index contributed by atoms with van der Waals surface area (Å²) in [6.07, 6.45) is 3.88. The Bertz CT molecular complexity index is 423. The zero-order valence-electron chi connectivity index (χ0n) is 12.6. The first-order valence-corrected chi connectivity index (χ1v) is 7.92. The van der Waals surface area contributed by atoms with Crippen molar-refractivity contribution in [2.45, 2.75) is 38.3 Å². The second kappa shape index (κ2) is 6.15. The smallest absolute Gasteiger partial charge is 0.118 e. The summed E-state index contributed by atoms with van der Waals surface area (Å²) in [4.78, 5) is 2.61. The molecule has 3 aliphatic rings. The van der Waals surface area contributed by atoms with E-state index >= 15 is 0 Å². The Kier molecular flexibility index (Phi) is 4.27. The molecule has 1 aromatic rings. The van der Waals surface area contributed by atoms with Gasteiger partial charge < -0.3 is 15.0 Å². The summed E-state index contributed by atoms with van der Waals surface area (Å²) in [6, 6.07) is 9.66. The van der Waals surface area contributed by atoms with Gasteiger partial charge in [0.05, 0.1) is 7.11 Å². The minimum atomic E-state index is 0.464. The molecule has 3 saturated heterocycles. The molecule has 2 unspecified atom stereocenters. The third-order valence-electron chi connectivity index (χ3n) is 5.00. The van der Waals surface area contributed by atoms with Crippen LogP contribution in [0, 0.1) is 5.92 Å². The van der Waals surface area contributed by atoms with E-state index < -0.39 is 0 Å². The topological polar surface area (TPSA) is 24.5 Å². The van der Waals surface area contributed by atoms with Crippen LogP contribution in [0.15, 0.2) is 24.3 Å². The predicted molar refractivity (Wildman–Crippen MR) is 82.1 cm³/mol. The van der Waals surface area contributed by atoms with Crippen LogP contribution < -0.4 is 10.1 Å². The van der Waals surface area contributed by atoms with Gasteiger partial charge in [-0.15, -0.1) is 0 Å². The van der Waals surface area contributed by atoms with E-state index in [1.807, 2.05) is 0 Å². The zero-order valence-corrected chi connectivity index (χ0v) is 12.6. The molecule has 0 saturated carbocycles. The minimum absolute atomic E-state index is 0.464. The van der Waals surface area contributed by atoms with Crippen molar-refractivity contribution < 1.29 is 4.74 Å². The minimum Gasteiger partial charge on any atom is -0.497 e. The van der Waals surface area contributed by atoms with Gasteiger partial charge in [0.25, 0.3) is 0 Å². The fourth-order valence-corrected chi connectivity index (χ4v) is 3.70. The largest absolute Gasteiger partial charge is 0.497 e. The van der Waals surface area contributed by atoms with Crippen molar-refractivity contribution in [1.29, 1.82) is 0 Å². The van der Waals surface area contributed by atoms with Gasteiger partial charge in [0.1, 0.15) is 5.75 Å². The fourth-order valence-electron chi connectivity index (χ4n) is 3.70. The lowest BCUT2D eigenvalue weighted by Crippen LogP contribution is -2.56. The number of hydrogen-bond acceptors (Lipinski definition) is 3. The quantitative estimate of drug-likeness (QED) is 0.893. The van der Waals surface area contributed by atoms with Gasteiger partial charge in [0.15, 0.2) is 0 Å². The van der Waals surface area contributed by atoms with Crippen molar-refractivity contribution in [3.05, 3.63) is 29.8 Å². The number of fused-ring (bicyclic) bond motifs is 3. The highest BCUT2D eigenvalue weighted by atomic mass is 16.5. The maximum atomic E-state index is 5.25. The van der Waals surface area contributed by atoms with Crippen molar-refractivity contribution in [2.75, 3.05) is 26.7 Å². The highest BCUT2D eigenvalue weighted by Crippen LogP contribution is 2.30. The van der Waals surface area contributed by atoms with Crippen molar-refractivity contribution >= 4 is 0 Å². The third kappa shape index (κ3) is 2.84. The summed E-state index contributed by atoms with van der Waals surface area (Å²) >= 11 is 0. The Morgan fingerprint density at radius 3 is 2.45 bits per heavy atom. The summed E-state index contributed by atoms with van der Waals surface area (Å²) in [7, 11) is 1.72. The molecule has 1 N–H and O–H groups in total. The first-order valence-electron chi connectivity index (χ1n) is 7.92. The highest BCUT2D eigenvalue weighted by molar-refractivity contribution is 5.29. The van der Waals surface area contributed by atoms with Crippen molar-refractivity contribution in [1.82, 2.24) is 10.2 Å². The molecular formula is C17H26N2O. The lowest BCUT2D eigenvalue weighted by Gasteiger charge is -2.46. The molecule has 3 fully saturated rings. The van der Waals surface area contributed by atoms with Crippen molar-refractivity contribution in [2.24, 2.45) is 5.92 Å². The van der Waals surface area contributed by atoms with Gasteiger partial charge in [-0.2, -0.15) is 0 Å². The van der Waals surface area contributed by atoms with Crippen LogP contribution in [0.5, 0.6) is 5.75 Å². The summed E-state index contributed by atoms with van der Waals surface area (Å²) in [5.74, 6) is 1.82. The number of nitrogens with zero attached hydrogens (tertiary/aromatic N) is 1. The third-order valence-corrected chi connectivity index (χ3v) is 5.00. The fraction of sp³-hybridized carbons (Fsp3) is 0.647. The Balaban J connectivity index is 1.67. The molecule has 3 heterocycles. The van der Waals surface area contributed by atoms with Gasteiger partial charge in [0.2, 0.25) is 0 Å². The zero-order chi connectivity index (χ0) is 13.9. The summed E-state index contributed by atoms with van der Waals surface area (Å²) in [6.45, 7) is 6.12. The molecule has 1 aromatic carbocycles. The van der Waals surface area contributed by atoms with Gasteiger partial charge in [0, 0.05) is 18.6 Å². The molecule has 20 heavy (non-hydrogen) atoms. The van der Waals surface area contributed by atoms with Crippen LogP contribution in [0.25, 0.3) is 0 Å². The second-order valence-corrected chi connectivity index (χ2v) is 6.15. The van der Waals surface area contributed by atoms with E-state index in [-0.39, 0.29) is 0 Å². The Hall–Kier alpha value is -1.06. The molecule has 0 aliphatic carbocycles. The number of rotatable bonds is 5. The molecule has 0 radical (unpaired) electrons. The van der Waals surface area contributed by atoms with Gasteiger partial charge >= 0.3 is 0 Å². The molecule has 0 amide bonds. The molecule has 3 nitrogen and oxygen atoms in total. The number of piperidine rings is 3. The van der Waals surface area contributed by atoms with E-state index in [4.69, 9.17) is 4.74 Å². The van der Waals surface area contributed by atoms with Crippen LogP contribution in [0.1, 0.15) is 37.8 Å². The SMILES string of the molecule is CCC(NC1CN2CCC1CC2)c1ccc(OC)cc1. The van der Waals surface area contributed by atoms with Gasteiger partial charge in [-0.25, -0.2) is 0 Å². The van der Waals surface area contributed by atoms with Gasteiger partial charge in [-0.1, -0.05) is 19.1 Å². The average molecular weight is 274 g/mol. The lowest BCUT2D eigenvalue weighted by atomic mass is 9.83. The first kappa shape index (κ1) is 13.9. The van der Waals surface area contributed by atoms with Crippen LogP contribution in [0.3, 0.4) is 0 Å². The Labute approximate surface area is 122 Å². The van der Waals surface area contributed by atoms with E-state index in [1.54, 1.807) is 7.11 Å². The van der Waals surface area contributed by atoms with E-state index in [2.05, 4.69) is 41.4 Å². The molecule has 2 bridgehead atoms. The van der Waals surface area contributed by atoms with Gasteiger partial charge in [-0.05, 0) is 56.0 Å². The van der Waals surface area contributed by atoms with E-state index in [1.165, 1.54) is 38.0 Å². The summed E-state index contributed by atoms with van der Waals surface area (Å²) in [5.41, 5.74) is 1.38.